The van der Waals surface area contributed by atoms with Crippen LogP contribution in [-0.4, -0.2) is 12.0 Å². The van der Waals surface area contributed by atoms with Crippen LogP contribution >= 0.6 is 19.8 Å². The van der Waals surface area contributed by atoms with Gasteiger partial charge in [0.1, 0.15) is 0 Å². The lowest BCUT2D eigenvalue weighted by atomic mass is 10.7. The molecular weight excluding hydrogens is 117 g/mol. The third-order valence-corrected chi connectivity index (χ3v) is 1.36. The molecule has 0 rings (SSSR count). The van der Waals surface area contributed by atoms with Gasteiger partial charge in [-0.3, -0.25) is 0 Å². The van der Waals surface area contributed by atoms with Gasteiger partial charge >= 0.3 is 0 Å². The van der Waals surface area contributed by atoms with Crippen molar-refractivity contribution in [3.8, 4) is 0 Å². The Hall–Kier alpha value is 0.700. The lowest BCUT2D eigenvalue weighted by molar-refractivity contribution is -0.410. The first-order valence-electron chi connectivity index (χ1n) is 1.50. The molecule has 0 bridgehead atoms. The zero-order valence-corrected chi connectivity index (χ0v) is 5.23. The average molecular weight is 124 g/mol. The van der Waals surface area contributed by atoms with Crippen molar-refractivity contribution in [3.63, 3.8) is 0 Å². The molecule has 2 unspecified atom stereocenters. The van der Waals surface area contributed by atoms with E-state index in [1.807, 2.05) is 0 Å². The zero-order valence-electron chi connectivity index (χ0n) is 3.26. The van der Waals surface area contributed by atoms with Crippen molar-refractivity contribution in [2.24, 2.45) is 5.73 Å². The van der Waals surface area contributed by atoms with E-state index in [-0.39, 0.29) is 0 Å². The molecule has 0 fully saturated rings. The standard InChI is InChI=1S/C2H7NOPS/c3-2(4)1-6-5/h2H,1,3,5H2/q-1. The van der Waals surface area contributed by atoms with E-state index in [0.29, 0.717) is 5.75 Å². The molecule has 0 amide bonds. The zero-order chi connectivity index (χ0) is 4.99. The van der Waals surface area contributed by atoms with Gasteiger partial charge in [-0.25, -0.2) is 0 Å². The van der Waals surface area contributed by atoms with Crippen molar-refractivity contribution in [2.45, 2.75) is 6.23 Å². The highest BCUT2D eigenvalue weighted by atomic mass is 32.7. The Morgan fingerprint density at radius 1 is 2.00 bits per heavy atom. The maximum Gasteiger partial charge on any atom is -0.00324 e. The molecular formula is C2H7NOPS-. The summed E-state index contributed by atoms with van der Waals surface area (Å²) >= 11 is 1.39. The van der Waals surface area contributed by atoms with E-state index in [4.69, 9.17) is 5.73 Å². The topological polar surface area (TPSA) is 49.1 Å². The number of hydrogen-bond donors (Lipinski definition) is 1. The third kappa shape index (κ3) is 4.70. The van der Waals surface area contributed by atoms with Crippen LogP contribution in [0.25, 0.3) is 0 Å². The molecule has 0 aliphatic carbocycles. The van der Waals surface area contributed by atoms with E-state index >= 15 is 0 Å². The highest BCUT2D eigenvalue weighted by molar-refractivity contribution is 8.43. The SMILES string of the molecule is NC([O-])CSP. The molecule has 0 saturated carbocycles. The van der Waals surface area contributed by atoms with Crippen LogP contribution in [0.3, 0.4) is 0 Å². The van der Waals surface area contributed by atoms with Crippen molar-refractivity contribution in [1.82, 2.24) is 0 Å². The van der Waals surface area contributed by atoms with Gasteiger partial charge in [-0.1, -0.05) is 14.7 Å². The van der Waals surface area contributed by atoms with Gasteiger partial charge in [-0.05, 0) is 5.75 Å². The molecule has 38 valence electrons. The third-order valence-electron chi connectivity index (χ3n) is 0.260. The Labute approximate surface area is 43.4 Å². The highest BCUT2D eigenvalue weighted by Crippen LogP contribution is 2.07. The molecule has 0 aliphatic rings. The van der Waals surface area contributed by atoms with Crippen LogP contribution in [-0.2, 0) is 0 Å². The van der Waals surface area contributed by atoms with Gasteiger partial charge in [0, 0.05) is 0 Å². The van der Waals surface area contributed by atoms with Crippen LogP contribution in [0, 0.1) is 0 Å². The molecule has 0 aromatic rings. The first-order chi connectivity index (χ1) is 2.77. The van der Waals surface area contributed by atoms with E-state index in [9.17, 15) is 5.11 Å². The maximum absolute atomic E-state index is 9.87. The van der Waals surface area contributed by atoms with Crippen molar-refractivity contribution in [3.05, 3.63) is 0 Å². The van der Waals surface area contributed by atoms with E-state index in [2.05, 4.69) is 8.44 Å². The van der Waals surface area contributed by atoms with Gasteiger partial charge in [-0.2, -0.15) is 0 Å². The Kier molecular flexibility index (Phi) is 4.33. The second kappa shape index (κ2) is 3.88. The summed E-state index contributed by atoms with van der Waals surface area (Å²) in [5, 5.41) is 9.87. The molecule has 0 aliphatic heterocycles. The van der Waals surface area contributed by atoms with Crippen molar-refractivity contribution < 1.29 is 5.11 Å². The van der Waals surface area contributed by atoms with Crippen LogP contribution in [0.15, 0.2) is 0 Å². The summed E-state index contributed by atoms with van der Waals surface area (Å²) in [7, 11) is 2.36. The Bertz CT molecular complexity index is 34.7. The van der Waals surface area contributed by atoms with Gasteiger partial charge in [-0.15, -0.1) is 11.4 Å². The monoisotopic (exact) mass is 124 g/mol. The summed E-state index contributed by atoms with van der Waals surface area (Å²) in [5.41, 5.74) is 4.81. The lowest BCUT2D eigenvalue weighted by Gasteiger charge is -2.11. The molecule has 0 radical (unpaired) electrons. The molecule has 0 aromatic heterocycles. The van der Waals surface area contributed by atoms with Gasteiger partial charge in [0.05, 0.1) is 0 Å². The van der Waals surface area contributed by atoms with Crippen molar-refractivity contribution >= 4 is 19.8 Å². The number of nitrogens with two attached hydrogens (primary N) is 1. The van der Waals surface area contributed by atoms with Crippen molar-refractivity contribution in [1.29, 1.82) is 0 Å². The maximum atomic E-state index is 9.87. The summed E-state index contributed by atoms with van der Waals surface area (Å²) in [6.07, 6.45) is -0.910. The summed E-state index contributed by atoms with van der Waals surface area (Å²) in [6, 6.07) is 0. The number of hydrogen-bond acceptors (Lipinski definition) is 3. The lowest BCUT2D eigenvalue weighted by Crippen LogP contribution is -2.36. The number of rotatable bonds is 2. The van der Waals surface area contributed by atoms with Gasteiger partial charge in [0.2, 0.25) is 0 Å². The molecule has 0 spiro atoms. The molecule has 6 heavy (non-hydrogen) atoms. The fourth-order valence-electron chi connectivity index (χ4n) is 0.0948. The quantitative estimate of drug-likeness (QED) is 0.385. The second-order valence-corrected chi connectivity index (χ2v) is 2.54. The van der Waals surface area contributed by atoms with Crippen LogP contribution < -0.4 is 10.8 Å². The first-order valence-corrected chi connectivity index (χ1v) is 3.96. The van der Waals surface area contributed by atoms with Gasteiger partial charge in [0.25, 0.3) is 0 Å². The normalized spacial score (nSPS) is 14.5. The van der Waals surface area contributed by atoms with Crippen LogP contribution in [0.2, 0.25) is 0 Å². The minimum absolute atomic E-state index is 0.477. The molecule has 4 heteroatoms. The van der Waals surface area contributed by atoms with E-state index in [0.717, 1.165) is 0 Å². The molecule has 0 saturated heterocycles. The second-order valence-electron chi connectivity index (χ2n) is 0.872. The van der Waals surface area contributed by atoms with Crippen LogP contribution in [0.1, 0.15) is 0 Å². The summed E-state index contributed by atoms with van der Waals surface area (Å²) in [4.78, 5) is 0. The van der Waals surface area contributed by atoms with Gasteiger partial charge in [0.15, 0.2) is 0 Å². The Balaban J connectivity index is 2.63. The van der Waals surface area contributed by atoms with Gasteiger partial charge < -0.3 is 10.8 Å². The predicted octanol–water partition coefficient (Wildman–Crippen LogP) is -0.845. The average Bonchev–Trinajstić information content (AvgIpc) is 1.35. The molecule has 0 aromatic carbocycles. The summed E-state index contributed by atoms with van der Waals surface area (Å²) in [5.74, 6) is 0.477. The van der Waals surface area contributed by atoms with Crippen molar-refractivity contribution in [2.75, 3.05) is 5.75 Å². The minimum atomic E-state index is -0.910. The predicted molar refractivity (Wildman–Crippen MR) is 30.1 cm³/mol. The fraction of sp³-hybridized carbons (Fsp3) is 1.00. The van der Waals surface area contributed by atoms with Crippen LogP contribution in [0.5, 0.6) is 0 Å². The molecule has 2 nitrogen and oxygen atoms in total. The van der Waals surface area contributed by atoms with E-state index in [1.165, 1.54) is 11.4 Å². The highest BCUT2D eigenvalue weighted by Gasteiger charge is 1.76. The smallest absolute Gasteiger partial charge is 0.00324 e. The first kappa shape index (κ1) is 6.70. The Morgan fingerprint density at radius 3 is 2.50 bits per heavy atom. The Morgan fingerprint density at radius 2 is 2.50 bits per heavy atom. The largest absolute Gasteiger partial charge is 0.840 e. The summed E-state index contributed by atoms with van der Waals surface area (Å²) < 4.78 is 0. The minimum Gasteiger partial charge on any atom is -0.840 e. The fourth-order valence-corrected chi connectivity index (χ4v) is 0.854. The molecule has 2 atom stereocenters. The molecule has 2 N–H and O–H groups in total. The van der Waals surface area contributed by atoms with Crippen LogP contribution in [0.4, 0.5) is 0 Å². The summed E-state index contributed by atoms with van der Waals surface area (Å²) in [6.45, 7) is 0. The van der Waals surface area contributed by atoms with E-state index in [1.54, 1.807) is 0 Å². The van der Waals surface area contributed by atoms with E-state index < -0.39 is 6.23 Å². The molecule has 0 heterocycles.